The fourth-order valence-corrected chi connectivity index (χ4v) is 2.96. The van der Waals surface area contributed by atoms with Gasteiger partial charge in [-0.2, -0.15) is 5.26 Å². The van der Waals surface area contributed by atoms with Crippen molar-refractivity contribution in [3.8, 4) is 6.07 Å². The van der Waals surface area contributed by atoms with Gasteiger partial charge in [-0.05, 0) is 55.5 Å². The van der Waals surface area contributed by atoms with Gasteiger partial charge in [0, 0.05) is 12.6 Å². The molecule has 1 aliphatic heterocycles. The van der Waals surface area contributed by atoms with Crippen LogP contribution in [0.15, 0.2) is 18.2 Å². The van der Waals surface area contributed by atoms with E-state index < -0.39 is 0 Å². The number of hydrogen-bond acceptors (Lipinski definition) is 2. The molecular formula is C16H22N2. The van der Waals surface area contributed by atoms with Gasteiger partial charge in [-0.25, -0.2) is 0 Å². The predicted octanol–water partition coefficient (Wildman–Crippen LogP) is 3.49. The Morgan fingerprint density at radius 2 is 2.22 bits per heavy atom. The molecule has 1 aliphatic rings. The maximum atomic E-state index is 8.89. The van der Waals surface area contributed by atoms with Gasteiger partial charge in [-0.15, -0.1) is 0 Å². The molecule has 2 nitrogen and oxygen atoms in total. The zero-order valence-corrected chi connectivity index (χ0v) is 11.6. The maximum Gasteiger partial charge on any atom is 0.0991 e. The molecule has 1 unspecified atom stereocenters. The minimum atomic E-state index is 0.722. The Bertz CT molecular complexity index is 457. The lowest BCUT2D eigenvalue weighted by Crippen LogP contribution is -2.33. The van der Waals surface area contributed by atoms with Gasteiger partial charge in [-0.1, -0.05) is 19.9 Å². The van der Waals surface area contributed by atoms with Gasteiger partial charge in [-0.3, -0.25) is 4.90 Å². The zero-order chi connectivity index (χ0) is 13.1. The third-order valence-corrected chi connectivity index (χ3v) is 4.03. The summed E-state index contributed by atoms with van der Waals surface area (Å²) >= 11 is 0. The van der Waals surface area contributed by atoms with Crippen molar-refractivity contribution in [2.45, 2.75) is 46.2 Å². The Labute approximate surface area is 110 Å². The first-order chi connectivity index (χ1) is 8.61. The summed E-state index contributed by atoms with van der Waals surface area (Å²) in [7, 11) is 0. The van der Waals surface area contributed by atoms with Gasteiger partial charge in [0.1, 0.15) is 0 Å². The van der Waals surface area contributed by atoms with E-state index in [4.69, 9.17) is 5.26 Å². The third kappa shape index (κ3) is 2.73. The standard InChI is InChI=1S/C16H22N2/c1-12(2)16-5-4-8-18(16)11-15-7-6-14(10-17)9-13(15)3/h6-7,9,12,16H,4-5,8,11H2,1-3H3. The van der Waals surface area contributed by atoms with Gasteiger partial charge in [0.05, 0.1) is 11.6 Å². The van der Waals surface area contributed by atoms with Gasteiger partial charge < -0.3 is 0 Å². The van der Waals surface area contributed by atoms with Crippen LogP contribution >= 0.6 is 0 Å². The second-order valence-electron chi connectivity index (χ2n) is 5.68. The minimum Gasteiger partial charge on any atom is -0.296 e. The molecule has 1 atom stereocenters. The van der Waals surface area contributed by atoms with E-state index in [2.05, 4.69) is 37.8 Å². The molecule has 0 N–H and O–H groups in total. The monoisotopic (exact) mass is 242 g/mol. The molecule has 96 valence electrons. The smallest absolute Gasteiger partial charge is 0.0991 e. The fourth-order valence-electron chi connectivity index (χ4n) is 2.96. The van der Waals surface area contributed by atoms with Crippen LogP contribution in [0.25, 0.3) is 0 Å². The average Bonchev–Trinajstić information content (AvgIpc) is 2.80. The summed E-state index contributed by atoms with van der Waals surface area (Å²) in [5, 5.41) is 8.89. The second kappa shape index (κ2) is 5.54. The highest BCUT2D eigenvalue weighted by atomic mass is 15.2. The number of nitriles is 1. The van der Waals surface area contributed by atoms with Gasteiger partial charge in [0.15, 0.2) is 0 Å². The number of benzene rings is 1. The average molecular weight is 242 g/mol. The quantitative estimate of drug-likeness (QED) is 0.811. The lowest BCUT2D eigenvalue weighted by Gasteiger charge is -2.28. The summed E-state index contributed by atoms with van der Waals surface area (Å²) in [6.07, 6.45) is 2.64. The van der Waals surface area contributed by atoms with E-state index in [-0.39, 0.29) is 0 Å². The molecule has 1 saturated heterocycles. The lowest BCUT2D eigenvalue weighted by molar-refractivity contribution is 0.198. The van der Waals surface area contributed by atoms with Crippen molar-refractivity contribution in [1.82, 2.24) is 4.90 Å². The number of aryl methyl sites for hydroxylation is 1. The zero-order valence-electron chi connectivity index (χ0n) is 11.6. The van der Waals surface area contributed by atoms with Crippen LogP contribution < -0.4 is 0 Å². The number of hydrogen-bond donors (Lipinski definition) is 0. The van der Waals surface area contributed by atoms with Crippen molar-refractivity contribution in [2.24, 2.45) is 5.92 Å². The predicted molar refractivity (Wildman–Crippen MR) is 74.2 cm³/mol. The maximum absolute atomic E-state index is 8.89. The molecule has 0 amide bonds. The topological polar surface area (TPSA) is 27.0 Å². The summed E-state index contributed by atoms with van der Waals surface area (Å²) < 4.78 is 0. The summed E-state index contributed by atoms with van der Waals surface area (Å²) in [5.74, 6) is 0.728. The first-order valence-corrected chi connectivity index (χ1v) is 6.85. The molecule has 18 heavy (non-hydrogen) atoms. The van der Waals surface area contributed by atoms with Crippen LogP contribution in [0.3, 0.4) is 0 Å². The van der Waals surface area contributed by atoms with Crippen LogP contribution in [0, 0.1) is 24.2 Å². The van der Waals surface area contributed by atoms with Gasteiger partial charge in [0.25, 0.3) is 0 Å². The second-order valence-corrected chi connectivity index (χ2v) is 5.68. The van der Waals surface area contributed by atoms with Crippen LogP contribution in [0.4, 0.5) is 0 Å². The largest absolute Gasteiger partial charge is 0.296 e. The molecule has 1 fully saturated rings. The molecule has 1 heterocycles. The molecule has 2 heteroatoms. The molecule has 0 aliphatic carbocycles. The Kier molecular flexibility index (Phi) is 4.04. The van der Waals surface area contributed by atoms with E-state index in [1.54, 1.807) is 0 Å². The fraction of sp³-hybridized carbons (Fsp3) is 0.562. The Balaban J connectivity index is 2.12. The summed E-state index contributed by atoms with van der Waals surface area (Å²) in [5.41, 5.74) is 3.36. The first-order valence-electron chi connectivity index (χ1n) is 6.85. The van der Waals surface area contributed by atoms with Crippen LogP contribution in [0.1, 0.15) is 43.4 Å². The van der Waals surface area contributed by atoms with Crippen LogP contribution in [-0.2, 0) is 6.54 Å². The van der Waals surface area contributed by atoms with Crippen LogP contribution in [0.2, 0.25) is 0 Å². The Morgan fingerprint density at radius 3 is 2.83 bits per heavy atom. The molecule has 0 radical (unpaired) electrons. The van der Waals surface area contributed by atoms with E-state index in [0.29, 0.717) is 0 Å². The molecule has 0 bridgehead atoms. The third-order valence-electron chi connectivity index (χ3n) is 4.03. The van der Waals surface area contributed by atoms with E-state index in [0.717, 1.165) is 24.1 Å². The van der Waals surface area contributed by atoms with Crippen LogP contribution in [0.5, 0.6) is 0 Å². The van der Waals surface area contributed by atoms with E-state index in [1.165, 1.54) is 30.5 Å². The van der Waals surface area contributed by atoms with E-state index >= 15 is 0 Å². The normalized spacial score (nSPS) is 20.3. The molecule has 1 aromatic carbocycles. The van der Waals surface area contributed by atoms with Gasteiger partial charge in [0.2, 0.25) is 0 Å². The lowest BCUT2D eigenvalue weighted by atomic mass is 10.0. The highest BCUT2D eigenvalue weighted by molar-refractivity contribution is 5.37. The van der Waals surface area contributed by atoms with Crippen molar-refractivity contribution in [2.75, 3.05) is 6.54 Å². The molecule has 0 saturated carbocycles. The highest BCUT2D eigenvalue weighted by Crippen LogP contribution is 2.26. The first kappa shape index (κ1) is 13.1. The molecule has 2 rings (SSSR count). The molecule has 0 spiro atoms. The van der Waals surface area contributed by atoms with Crippen molar-refractivity contribution in [3.63, 3.8) is 0 Å². The van der Waals surface area contributed by atoms with Crippen molar-refractivity contribution in [1.29, 1.82) is 5.26 Å². The molecule has 1 aromatic rings. The summed E-state index contributed by atoms with van der Waals surface area (Å²) in [6, 6.07) is 8.97. The van der Waals surface area contributed by atoms with E-state index in [9.17, 15) is 0 Å². The Hall–Kier alpha value is -1.33. The molecular weight excluding hydrogens is 220 g/mol. The van der Waals surface area contributed by atoms with E-state index in [1.807, 2.05) is 12.1 Å². The van der Waals surface area contributed by atoms with Crippen molar-refractivity contribution >= 4 is 0 Å². The highest BCUT2D eigenvalue weighted by Gasteiger charge is 2.26. The SMILES string of the molecule is Cc1cc(C#N)ccc1CN1CCCC1C(C)C. The van der Waals surface area contributed by atoms with Crippen molar-refractivity contribution in [3.05, 3.63) is 34.9 Å². The number of likely N-dealkylation sites (tertiary alicyclic amines) is 1. The Morgan fingerprint density at radius 1 is 1.44 bits per heavy atom. The number of nitrogens with zero attached hydrogens (tertiary/aromatic N) is 2. The van der Waals surface area contributed by atoms with Crippen molar-refractivity contribution < 1.29 is 0 Å². The minimum absolute atomic E-state index is 0.722. The number of rotatable bonds is 3. The summed E-state index contributed by atoms with van der Waals surface area (Å²) in [4.78, 5) is 2.60. The summed E-state index contributed by atoms with van der Waals surface area (Å²) in [6.45, 7) is 8.97. The van der Waals surface area contributed by atoms with Gasteiger partial charge >= 0.3 is 0 Å². The van der Waals surface area contributed by atoms with Crippen LogP contribution in [-0.4, -0.2) is 17.5 Å². The molecule has 0 aromatic heterocycles.